The number of aromatic nitrogens is 3. The lowest BCUT2D eigenvalue weighted by atomic mass is 9.82. The number of ether oxygens (including phenoxy) is 2. The molecule has 0 radical (unpaired) electrons. The number of nitrogens with one attached hydrogen (secondary N) is 2. The van der Waals surface area contributed by atoms with E-state index in [4.69, 9.17) is 19.4 Å². The van der Waals surface area contributed by atoms with Gasteiger partial charge in [0.1, 0.15) is 18.7 Å². The molecular weight excluding hydrogens is 879 g/mol. The molecule has 3 N–H and O–H groups in total. The maximum atomic E-state index is 14.3. The van der Waals surface area contributed by atoms with Crippen molar-refractivity contribution in [2.45, 2.75) is 124 Å². The number of amides is 3. The van der Waals surface area contributed by atoms with E-state index >= 15 is 0 Å². The molecule has 5 atom stereocenters. The molecule has 1 unspecified atom stereocenters. The van der Waals surface area contributed by atoms with Crippen LogP contribution >= 0.6 is 11.3 Å². The van der Waals surface area contributed by atoms with Crippen LogP contribution in [0.5, 0.6) is 0 Å². The molecule has 14 nitrogen and oxygen atoms in total. The van der Waals surface area contributed by atoms with Crippen molar-refractivity contribution in [1.82, 2.24) is 35.2 Å². The first kappa shape index (κ1) is 47.4. The van der Waals surface area contributed by atoms with Gasteiger partial charge in [0.25, 0.3) is 5.91 Å². The highest BCUT2D eigenvalue weighted by Crippen LogP contribution is 2.46. The number of hydrogen-bond acceptors (Lipinski definition) is 11. The molecule has 2 saturated heterocycles. The van der Waals surface area contributed by atoms with Crippen molar-refractivity contribution in [3.8, 4) is 22.5 Å². The number of pyridine rings is 1. The molecule has 6 bridgehead atoms. The van der Waals surface area contributed by atoms with E-state index in [0.29, 0.717) is 63.8 Å². The molecule has 3 aromatic heterocycles. The highest BCUT2D eigenvalue weighted by molar-refractivity contribution is 7.10. The lowest BCUT2D eigenvalue weighted by Gasteiger charge is -2.38. The van der Waals surface area contributed by atoms with Crippen molar-refractivity contribution in [2.75, 3.05) is 26.2 Å². The minimum absolute atomic E-state index is 0.0433. The Morgan fingerprint density at radius 2 is 1.79 bits per heavy atom. The van der Waals surface area contributed by atoms with Crippen LogP contribution in [0.1, 0.15) is 107 Å². The van der Waals surface area contributed by atoms with Gasteiger partial charge in [-0.3, -0.25) is 24.4 Å². The van der Waals surface area contributed by atoms with Gasteiger partial charge in [-0.2, -0.15) is 0 Å². The Kier molecular flexibility index (Phi) is 13.3. The summed E-state index contributed by atoms with van der Waals surface area (Å²) in [5, 5.41) is 20.7. The van der Waals surface area contributed by atoms with E-state index in [1.807, 2.05) is 35.7 Å². The van der Waals surface area contributed by atoms with E-state index in [1.54, 1.807) is 11.1 Å². The summed E-state index contributed by atoms with van der Waals surface area (Å²) in [6, 6.07) is 16.5. The first-order chi connectivity index (χ1) is 32.5. The summed E-state index contributed by atoms with van der Waals surface area (Å²) in [7, 11) is 0. The molecule has 68 heavy (non-hydrogen) atoms. The zero-order chi connectivity index (χ0) is 48.1. The van der Waals surface area contributed by atoms with Gasteiger partial charge in [-0.15, -0.1) is 11.3 Å². The van der Waals surface area contributed by atoms with Crippen LogP contribution in [0, 0.1) is 23.2 Å². The number of aryl methyl sites for hydroxylation is 1. The molecular formula is C53H65N7O7S. The van der Waals surface area contributed by atoms with E-state index in [-0.39, 0.29) is 55.1 Å². The molecule has 3 amide bonds. The average molecular weight is 944 g/mol. The van der Waals surface area contributed by atoms with E-state index in [1.165, 1.54) is 16.3 Å². The fourth-order valence-electron chi connectivity index (χ4n) is 10.5. The zero-order valence-electron chi connectivity index (χ0n) is 40.3. The number of likely N-dealkylation sites (tertiary alicyclic amines) is 1. The predicted molar refractivity (Wildman–Crippen MR) is 261 cm³/mol. The second-order valence-electron chi connectivity index (χ2n) is 20.6. The van der Waals surface area contributed by atoms with E-state index in [2.05, 4.69) is 88.0 Å². The van der Waals surface area contributed by atoms with Gasteiger partial charge in [0.05, 0.1) is 34.3 Å². The fraction of sp³-hybridized carbons (Fsp3) is 0.509. The van der Waals surface area contributed by atoms with Crippen LogP contribution in [0.4, 0.5) is 4.79 Å². The topological polar surface area (TPSA) is 168 Å². The quantitative estimate of drug-likeness (QED) is 0.129. The Morgan fingerprint density at radius 1 is 1.04 bits per heavy atom. The lowest BCUT2D eigenvalue weighted by molar-refractivity contribution is -0.155. The summed E-state index contributed by atoms with van der Waals surface area (Å²) in [4.78, 5) is 66.7. The Morgan fingerprint density at radius 3 is 2.50 bits per heavy atom. The molecule has 15 heteroatoms. The number of carbonyl (C=O) groups excluding carboxylic acids is 4. The first-order valence-electron chi connectivity index (χ1n) is 24.4. The molecule has 3 aliphatic heterocycles. The third-order valence-electron chi connectivity index (χ3n) is 14.8. The van der Waals surface area contributed by atoms with Crippen molar-refractivity contribution in [3.05, 3.63) is 93.6 Å². The third-order valence-corrected chi connectivity index (χ3v) is 15.6. The summed E-state index contributed by atoms with van der Waals surface area (Å²) in [5.41, 5.74) is 9.62. The van der Waals surface area contributed by atoms with Crippen LogP contribution in [0.25, 0.3) is 33.4 Å². The van der Waals surface area contributed by atoms with Gasteiger partial charge in [-0.05, 0) is 86.1 Å². The number of cyclic esters (lactones) is 1. The van der Waals surface area contributed by atoms with Crippen LogP contribution in [-0.2, 0) is 55.5 Å². The molecule has 3 fully saturated rings. The van der Waals surface area contributed by atoms with Gasteiger partial charge in [0, 0.05) is 83.1 Å². The summed E-state index contributed by atoms with van der Waals surface area (Å²) < 4.78 is 14.1. The van der Waals surface area contributed by atoms with Gasteiger partial charge in [0.2, 0.25) is 5.91 Å². The van der Waals surface area contributed by atoms with Gasteiger partial charge in [0.15, 0.2) is 0 Å². The van der Waals surface area contributed by atoms with Crippen LogP contribution < -0.4 is 10.7 Å². The largest absolute Gasteiger partial charge is 0.464 e. The van der Waals surface area contributed by atoms with Crippen LogP contribution in [0.15, 0.2) is 66.2 Å². The van der Waals surface area contributed by atoms with Crippen molar-refractivity contribution >= 4 is 46.1 Å². The van der Waals surface area contributed by atoms with Crippen molar-refractivity contribution in [1.29, 1.82) is 0 Å². The number of carbonyl (C=O) groups is 4. The minimum Gasteiger partial charge on any atom is -0.464 e. The molecule has 5 aromatic rings. The van der Waals surface area contributed by atoms with Gasteiger partial charge >= 0.3 is 12.1 Å². The van der Waals surface area contributed by atoms with Crippen LogP contribution in [0.3, 0.4) is 0 Å². The first-order valence-corrected chi connectivity index (χ1v) is 25.3. The van der Waals surface area contributed by atoms with Crippen molar-refractivity contribution < 1.29 is 33.8 Å². The SMILES string of the molecule is CCn1c(-c2cc(C3(O)CCN(C(=O)OCc4ccccc4)CC3)cnc2C(C)C)c2c3cc(ccc31)-c1csc(n1)C[C@H](NC(=O)C1[C@@H](C)[C@H]1C)C(=O)N1CCC[C@H](N1)C(=O)OCC(C)(C)C2. The number of fused-ring (bicyclic) bond motifs is 6. The standard InChI is InChI=1S/C53H65N7O7S/c1-8-59-43-17-16-35-23-37(43)39(47(59)38-24-36(27-54-46(38)31(2)3)53(65)18-21-58(22-19-53)51(64)66-28-34-13-10-9-11-14-34)26-52(6,7)30-67-50(63)40-15-12-20-60(57-40)49(62)41(25-44-55-42(35)29-68-44)56-48(61)45-32(4)33(45)5/h9-11,13-14,16-17,23-24,27,29,31-33,40-41,45,57,65H,8,12,15,18-22,25-26,28,30H2,1-7H3,(H,56,61)/t32-,33+,40-,41-,45?/m0/s1. The van der Waals surface area contributed by atoms with Crippen LogP contribution in [0.2, 0.25) is 0 Å². The number of piperidine rings is 1. The summed E-state index contributed by atoms with van der Waals surface area (Å²) in [5.74, 6) is -0.482. The fourth-order valence-corrected chi connectivity index (χ4v) is 11.3. The Bertz CT molecular complexity index is 2700. The number of benzene rings is 2. The summed E-state index contributed by atoms with van der Waals surface area (Å²) in [6.45, 7) is 16.7. The maximum Gasteiger partial charge on any atom is 0.410 e. The number of hydrazine groups is 1. The summed E-state index contributed by atoms with van der Waals surface area (Å²) >= 11 is 1.46. The smallest absolute Gasteiger partial charge is 0.410 e. The third kappa shape index (κ3) is 9.53. The predicted octanol–water partition coefficient (Wildman–Crippen LogP) is 8.14. The van der Waals surface area contributed by atoms with Crippen molar-refractivity contribution in [3.63, 3.8) is 0 Å². The van der Waals surface area contributed by atoms with E-state index in [9.17, 15) is 24.3 Å². The zero-order valence-corrected chi connectivity index (χ0v) is 41.2. The number of nitrogens with zero attached hydrogens (tertiary/aromatic N) is 5. The molecule has 360 valence electrons. The highest BCUT2D eigenvalue weighted by atomic mass is 32.1. The molecule has 1 saturated carbocycles. The summed E-state index contributed by atoms with van der Waals surface area (Å²) in [6.07, 6.45) is 3.90. The number of esters is 1. The second kappa shape index (κ2) is 19.0. The number of aliphatic hydroxyl groups is 1. The molecule has 0 spiro atoms. The Hall–Kier alpha value is -5.64. The maximum absolute atomic E-state index is 14.3. The number of hydrogen-bond donors (Lipinski definition) is 3. The highest BCUT2D eigenvalue weighted by Gasteiger charge is 2.49. The molecule has 6 heterocycles. The Balaban J connectivity index is 1.09. The monoisotopic (exact) mass is 943 g/mol. The molecule has 1 aliphatic carbocycles. The molecule has 9 rings (SSSR count). The average Bonchev–Trinajstić information content (AvgIpc) is 3.58. The minimum atomic E-state index is -1.23. The van der Waals surface area contributed by atoms with Crippen molar-refractivity contribution in [2.24, 2.45) is 23.2 Å². The van der Waals surface area contributed by atoms with E-state index in [0.717, 1.165) is 55.2 Å². The normalized spacial score (nSPS) is 23.8. The number of rotatable bonds is 8. The second-order valence-corrected chi connectivity index (χ2v) is 21.5. The Labute approximate surface area is 402 Å². The van der Waals surface area contributed by atoms with E-state index < -0.39 is 35.2 Å². The molecule has 2 aromatic carbocycles. The van der Waals surface area contributed by atoms with Gasteiger partial charge in [-0.25, -0.2) is 15.2 Å². The number of thiazole rings is 1. The van der Waals surface area contributed by atoms with Crippen LogP contribution in [-0.4, -0.2) is 91.8 Å². The lowest BCUT2D eigenvalue weighted by Crippen LogP contribution is -2.60. The van der Waals surface area contributed by atoms with Gasteiger partial charge < -0.3 is 29.4 Å². The molecule has 4 aliphatic rings. The van der Waals surface area contributed by atoms with Gasteiger partial charge in [-0.1, -0.05) is 77.9 Å².